The van der Waals surface area contributed by atoms with E-state index in [0.717, 1.165) is 17.5 Å². The number of carbonyl (C=O) groups excluding carboxylic acids is 1. The van der Waals surface area contributed by atoms with Gasteiger partial charge in [-0.3, -0.25) is 4.79 Å². The van der Waals surface area contributed by atoms with Crippen molar-refractivity contribution >= 4 is 83.9 Å². The summed E-state index contributed by atoms with van der Waals surface area (Å²) in [6.07, 6.45) is 1.46. The molecule has 0 heterocycles. The summed E-state index contributed by atoms with van der Waals surface area (Å²) in [5, 5.41) is 0. The molecule has 5 nitrogen and oxygen atoms in total. The number of hydrogen-bond donors (Lipinski definition) is 0. The average molecular weight is 695 g/mol. The zero-order valence-electron chi connectivity index (χ0n) is 12.5. The lowest BCUT2D eigenvalue weighted by molar-refractivity contribution is -0.136. The maximum absolute atomic E-state index is 12.7. The Morgan fingerprint density at radius 2 is 1.84 bits per heavy atom. The van der Waals surface area contributed by atoms with Gasteiger partial charge < -0.3 is 9.29 Å². The fraction of sp³-hybridized carbons (Fsp3) is 0.188. The molecular formula is C16H10I3O5S-. The lowest BCUT2D eigenvalue weighted by Gasteiger charge is -2.18. The summed E-state index contributed by atoms with van der Waals surface area (Å²) in [5.41, 5.74) is 2.07. The van der Waals surface area contributed by atoms with E-state index in [1.807, 2.05) is 46.9 Å². The minimum absolute atomic E-state index is 0.130. The fourth-order valence-electron chi connectivity index (χ4n) is 2.85. The number of halogens is 3. The van der Waals surface area contributed by atoms with E-state index < -0.39 is 16.1 Å². The molecule has 9 heteroatoms. The second-order valence-corrected chi connectivity index (χ2v) is 10.2. The van der Waals surface area contributed by atoms with Crippen LogP contribution in [0, 0.1) is 10.7 Å². The Kier molecular flexibility index (Phi) is 5.98. The summed E-state index contributed by atoms with van der Waals surface area (Å²) < 4.78 is 41.2. The topological polar surface area (TPSA) is 83.5 Å². The molecule has 132 valence electrons. The van der Waals surface area contributed by atoms with Crippen molar-refractivity contribution in [2.45, 2.75) is 23.7 Å². The maximum atomic E-state index is 12.7. The Hall–Kier alpha value is 0.01000. The average Bonchev–Trinajstić information content (AvgIpc) is 2.93. The third kappa shape index (κ3) is 3.99. The molecule has 2 aromatic rings. The Bertz CT molecular complexity index is 972. The number of rotatable bonds is 3. The third-order valence-corrected chi connectivity index (χ3v) is 8.29. The van der Waals surface area contributed by atoms with Crippen LogP contribution in [0.2, 0.25) is 0 Å². The monoisotopic (exact) mass is 695 g/mol. The van der Waals surface area contributed by atoms with Gasteiger partial charge in [0.25, 0.3) is 0 Å². The van der Waals surface area contributed by atoms with E-state index in [1.54, 1.807) is 45.2 Å². The number of fused-ring (bicyclic) bond motifs is 1. The molecule has 0 spiro atoms. The highest BCUT2D eigenvalue weighted by Gasteiger charge is 2.31. The maximum Gasteiger partial charge on any atom is 0.318 e. The molecule has 1 unspecified atom stereocenters. The molecule has 0 fully saturated rings. The molecule has 1 aliphatic carbocycles. The lowest BCUT2D eigenvalue weighted by Crippen LogP contribution is -2.19. The van der Waals surface area contributed by atoms with Gasteiger partial charge in [0.2, 0.25) is 0 Å². The van der Waals surface area contributed by atoms with Gasteiger partial charge in [0.1, 0.15) is 10.1 Å². The normalized spacial score (nSPS) is 16.6. The second kappa shape index (κ2) is 7.56. The van der Waals surface area contributed by atoms with Crippen LogP contribution in [0.4, 0.5) is 0 Å². The first kappa shape index (κ1) is 19.8. The first-order chi connectivity index (χ1) is 11.7. The van der Waals surface area contributed by atoms with E-state index in [-0.39, 0.29) is 20.1 Å². The predicted molar refractivity (Wildman–Crippen MR) is 116 cm³/mol. The van der Waals surface area contributed by atoms with E-state index in [1.165, 1.54) is 6.07 Å². The van der Waals surface area contributed by atoms with Gasteiger partial charge in [-0.25, -0.2) is 8.42 Å². The van der Waals surface area contributed by atoms with Crippen molar-refractivity contribution in [3.8, 4) is 5.75 Å². The van der Waals surface area contributed by atoms with Gasteiger partial charge in [-0.2, -0.15) is 0 Å². The second-order valence-electron chi connectivity index (χ2n) is 5.48. The van der Waals surface area contributed by atoms with Crippen molar-refractivity contribution in [3.05, 3.63) is 52.2 Å². The number of benzene rings is 2. The van der Waals surface area contributed by atoms with Crippen LogP contribution in [0.25, 0.3) is 0 Å². The van der Waals surface area contributed by atoms with E-state index in [9.17, 15) is 17.8 Å². The SMILES string of the molecule is O=C(Oc1c(I)cc(I)c(S(=O)(=O)[O-])c1I)C1CCc2ccccc21. The smallest absolute Gasteiger partial charge is 0.318 e. The molecule has 0 amide bonds. The minimum atomic E-state index is -4.67. The molecule has 3 rings (SSSR count). The largest absolute Gasteiger partial charge is 0.744 e. The van der Waals surface area contributed by atoms with E-state index in [0.29, 0.717) is 13.6 Å². The highest BCUT2D eigenvalue weighted by molar-refractivity contribution is 14.1. The van der Waals surface area contributed by atoms with Gasteiger partial charge in [-0.05, 0) is 97.8 Å². The molecule has 0 aromatic heterocycles. The molecule has 0 N–H and O–H groups in total. The first-order valence-electron chi connectivity index (χ1n) is 7.13. The van der Waals surface area contributed by atoms with Gasteiger partial charge in [0.05, 0.1) is 18.0 Å². The summed E-state index contributed by atoms with van der Waals surface area (Å²) in [7, 11) is -4.67. The number of aryl methyl sites for hydroxylation is 1. The number of carbonyl (C=O) groups is 1. The molecule has 25 heavy (non-hydrogen) atoms. The van der Waals surface area contributed by atoms with Crippen LogP contribution in [0.5, 0.6) is 5.75 Å². The van der Waals surface area contributed by atoms with Crippen LogP contribution < -0.4 is 4.74 Å². The van der Waals surface area contributed by atoms with E-state index in [4.69, 9.17) is 4.74 Å². The fourth-order valence-corrected chi connectivity index (χ4v) is 8.67. The van der Waals surface area contributed by atoms with Crippen molar-refractivity contribution in [3.63, 3.8) is 0 Å². The van der Waals surface area contributed by atoms with Crippen LogP contribution in [0.3, 0.4) is 0 Å². The summed E-state index contributed by atoms with van der Waals surface area (Å²) >= 11 is 5.51. The Balaban J connectivity index is 1.98. The molecule has 0 radical (unpaired) electrons. The van der Waals surface area contributed by atoms with Crippen LogP contribution in [-0.4, -0.2) is 18.9 Å². The molecule has 2 aromatic carbocycles. The molecule has 1 atom stereocenters. The molecule has 0 bridgehead atoms. The molecule has 0 saturated heterocycles. The van der Waals surface area contributed by atoms with Gasteiger partial charge in [-0.1, -0.05) is 24.3 Å². The molecular weight excluding hydrogens is 685 g/mol. The van der Waals surface area contributed by atoms with Gasteiger partial charge in [-0.15, -0.1) is 0 Å². The Labute approximate surface area is 186 Å². The Morgan fingerprint density at radius 1 is 1.16 bits per heavy atom. The van der Waals surface area contributed by atoms with Crippen LogP contribution in [-0.2, 0) is 21.3 Å². The predicted octanol–water partition coefficient (Wildman–Crippen LogP) is 4.04. The zero-order valence-corrected chi connectivity index (χ0v) is 19.8. The van der Waals surface area contributed by atoms with E-state index in [2.05, 4.69) is 0 Å². The van der Waals surface area contributed by atoms with Crippen molar-refractivity contribution in [1.29, 1.82) is 0 Å². The highest BCUT2D eigenvalue weighted by Crippen LogP contribution is 2.39. The standard InChI is InChI=1S/C16H11I3O5S/c17-11-7-12(18)15(25(21,22)23)13(19)14(11)24-16(20)10-6-5-8-3-1-2-4-9(8)10/h1-4,7,10H,5-6H2,(H,21,22,23)/p-1. The van der Waals surface area contributed by atoms with Crippen molar-refractivity contribution in [2.75, 3.05) is 0 Å². The van der Waals surface area contributed by atoms with Gasteiger partial charge in [0.15, 0.2) is 5.75 Å². The van der Waals surface area contributed by atoms with Crippen LogP contribution in [0.1, 0.15) is 23.5 Å². The van der Waals surface area contributed by atoms with Crippen LogP contribution >= 0.6 is 67.8 Å². The summed E-state index contributed by atoms with van der Waals surface area (Å²) in [6.45, 7) is 0. The Morgan fingerprint density at radius 3 is 2.52 bits per heavy atom. The van der Waals surface area contributed by atoms with E-state index >= 15 is 0 Å². The summed E-state index contributed by atoms with van der Waals surface area (Å²) in [6, 6.07) is 9.24. The van der Waals surface area contributed by atoms with Crippen LogP contribution in [0.15, 0.2) is 35.2 Å². The quantitative estimate of drug-likeness (QED) is 0.210. The first-order valence-corrected chi connectivity index (χ1v) is 11.8. The highest BCUT2D eigenvalue weighted by atomic mass is 127. The molecule has 1 aliphatic rings. The van der Waals surface area contributed by atoms with Crippen molar-refractivity contribution < 1.29 is 22.5 Å². The number of hydrogen-bond acceptors (Lipinski definition) is 5. The van der Waals surface area contributed by atoms with Gasteiger partial charge >= 0.3 is 5.97 Å². The molecule has 0 aliphatic heterocycles. The third-order valence-electron chi connectivity index (χ3n) is 3.96. The minimum Gasteiger partial charge on any atom is -0.744 e. The summed E-state index contributed by atoms with van der Waals surface area (Å²) in [5.74, 6) is -0.684. The number of ether oxygens (including phenoxy) is 1. The lowest BCUT2D eigenvalue weighted by atomic mass is 10.0. The number of esters is 1. The molecule has 0 saturated carbocycles. The van der Waals surface area contributed by atoms with Crippen molar-refractivity contribution in [2.24, 2.45) is 0 Å². The van der Waals surface area contributed by atoms with Gasteiger partial charge in [0, 0.05) is 3.57 Å². The summed E-state index contributed by atoms with van der Waals surface area (Å²) in [4.78, 5) is 12.3. The van der Waals surface area contributed by atoms with Crippen molar-refractivity contribution in [1.82, 2.24) is 0 Å². The zero-order chi connectivity index (χ0) is 18.4.